The number of hydrogen-bond donors (Lipinski definition) is 1. The Morgan fingerprint density at radius 2 is 1.05 bits per heavy atom. The Bertz CT molecular complexity index is 547. The molecule has 1 aromatic rings. The number of nitrogens with zero attached hydrogens (tertiary/aromatic N) is 4. The van der Waals surface area contributed by atoms with Crippen molar-refractivity contribution in [1.29, 1.82) is 0 Å². The first-order valence-corrected chi connectivity index (χ1v) is 4.47. The summed E-state index contributed by atoms with van der Waals surface area (Å²) >= 11 is 0. The average molecular weight is 307 g/mol. The van der Waals surface area contributed by atoms with Gasteiger partial charge in [0.25, 0.3) is 17.1 Å². The molecule has 21 heavy (non-hydrogen) atoms. The lowest BCUT2D eigenvalue weighted by Gasteiger charge is -1.99. The Labute approximate surface area is 114 Å². The van der Waals surface area contributed by atoms with E-state index < -0.39 is 36.9 Å². The summed E-state index contributed by atoms with van der Waals surface area (Å²) < 4.78 is 0. The third-order valence-corrected chi connectivity index (χ3v) is 1.94. The van der Waals surface area contributed by atoms with Crippen LogP contribution in [0.15, 0.2) is 12.1 Å². The van der Waals surface area contributed by atoms with Crippen LogP contribution in [-0.4, -0.2) is 19.9 Å². The van der Waals surface area contributed by atoms with Crippen LogP contribution < -0.4 is 6.15 Å². The topological polar surface area (TPSA) is 232 Å². The van der Waals surface area contributed by atoms with E-state index in [2.05, 4.69) is 0 Å². The Morgan fingerprint density at radius 1 is 0.762 bits per heavy atom. The van der Waals surface area contributed by atoms with Crippen molar-refractivity contribution < 1.29 is 19.9 Å². The van der Waals surface area contributed by atoms with E-state index in [4.69, 9.17) is 15.3 Å². The van der Waals surface area contributed by atoms with Crippen LogP contribution in [0, 0.1) is 52.6 Å². The minimum Gasteiger partial charge on any atom is -0.369 e. The Hall–Kier alpha value is -3.42. The zero-order valence-corrected chi connectivity index (χ0v) is 10.6. The maximum absolute atomic E-state index is 10.5. The molecule has 14 heteroatoms. The molecule has 0 amide bonds. The third-order valence-electron chi connectivity index (χ3n) is 1.94. The summed E-state index contributed by atoms with van der Waals surface area (Å²) in [6.07, 6.45) is 0. The van der Waals surface area contributed by atoms with Crippen molar-refractivity contribution in [2.75, 3.05) is 0 Å². The van der Waals surface area contributed by atoms with E-state index >= 15 is 0 Å². The fourth-order valence-electron chi connectivity index (χ4n) is 1.15. The summed E-state index contributed by atoms with van der Waals surface area (Å²) in [4.78, 5) is 37.0. The molecule has 116 valence electrons. The van der Waals surface area contributed by atoms with Gasteiger partial charge in [-0.15, -0.1) is 0 Å². The number of nitro benzene ring substituents is 3. The molecule has 0 atom stereocenters. The maximum atomic E-state index is 10.5. The molecule has 14 nitrogen and oxygen atoms in total. The SMILES string of the molecule is Cc1c([N+](=O)[O-])cc([N+](=O)[O-])cc1[N+](=O)[O-].O=[N+]([O-])[O-].[NH4+]. The second-order valence-electron chi connectivity index (χ2n) is 3.10. The highest BCUT2D eigenvalue weighted by Gasteiger charge is 2.27. The number of rotatable bonds is 3. The van der Waals surface area contributed by atoms with E-state index in [0.29, 0.717) is 12.1 Å². The second kappa shape index (κ2) is 7.89. The molecule has 0 bridgehead atoms. The molecule has 4 N–H and O–H groups in total. The van der Waals surface area contributed by atoms with Gasteiger partial charge < -0.3 is 21.5 Å². The second-order valence-corrected chi connectivity index (χ2v) is 3.10. The van der Waals surface area contributed by atoms with Crippen LogP contribution in [0.3, 0.4) is 0 Å². The van der Waals surface area contributed by atoms with Crippen LogP contribution in [0.1, 0.15) is 5.56 Å². The Balaban J connectivity index is 0. The fourth-order valence-corrected chi connectivity index (χ4v) is 1.15. The van der Waals surface area contributed by atoms with Crippen molar-refractivity contribution in [1.82, 2.24) is 6.15 Å². The monoisotopic (exact) mass is 307 g/mol. The largest absolute Gasteiger partial charge is 0.369 e. The minimum absolute atomic E-state index is 0. The highest BCUT2D eigenvalue weighted by atomic mass is 16.9. The zero-order chi connectivity index (χ0) is 16.0. The first-order chi connectivity index (χ1) is 9.07. The summed E-state index contributed by atoms with van der Waals surface area (Å²) in [6.45, 7) is 1.17. The van der Waals surface area contributed by atoms with E-state index in [1.165, 1.54) is 6.92 Å². The molecule has 0 aliphatic carbocycles. The highest BCUT2D eigenvalue weighted by molar-refractivity contribution is 5.59. The summed E-state index contributed by atoms with van der Waals surface area (Å²) in [6, 6.07) is 1.39. The van der Waals surface area contributed by atoms with E-state index in [-0.39, 0.29) is 11.7 Å². The molecular formula is C7H9N5O9. The van der Waals surface area contributed by atoms with Crippen molar-refractivity contribution >= 4 is 17.1 Å². The van der Waals surface area contributed by atoms with E-state index in [1.54, 1.807) is 0 Å². The van der Waals surface area contributed by atoms with Crippen molar-refractivity contribution in [2.24, 2.45) is 0 Å². The Morgan fingerprint density at radius 3 is 1.24 bits per heavy atom. The highest BCUT2D eigenvalue weighted by Crippen LogP contribution is 2.32. The molecule has 0 heterocycles. The lowest BCUT2D eigenvalue weighted by molar-refractivity contribution is -0.403. The molecule has 0 radical (unpaired) electrons. The van der Waals surface area contributed by atoms with Crippen molar-refractivity contribution in [3.8, 4) is 0 Å². The molecule has 0 aliphatic rings. The average Bonchev–Trinajstić information content (AvgIpc) is 2.27. The van der Waals surface area contributed by atoms with E-state index in [0.717, 1.165) is 0 Å². The van der Waals surface area contributed by atoms with E-state index in [1.807, 2.05) is 0 Å². The molecule has 0 fully saturated rings. The Kier molecular flexibility index (Phi) is 7.48. The van der Waals surface area contributed by atoms with Gasteiger partial charge in [-0.25, -0.2) is 0 Å². The number of non-ortho nitro benzene ring substituents is 1. The van der Waals surface area contributed by atoms with Gasteiger partial charge in [-0.1, -0.05) is 0 Å². The number of hydrogen-bond acceptors (Lipinski definition) is 9. The maximum Gasteiger partial charge on any atom is 0.286 e. The van der Waals surface area contributed by atoms with Crippen molar-refractivity contribution in [2.45, 2.75) is 6.92 Å². The van der Waals surface area contributed by atoms with Crippen molar-refractivity contribution in [3.05, 3.63) is 63.4 Å². The minimum atomic E-state index is -1.75. The number of benzene rings is 1. The van der Waals surface area contributed by atoms with Gasteiger partial charge in [-0.05, 0) is 6.92 Å². The van der Waals surface area contributed by atoms with Gasteiger partial charge in [0.1, 0.15) is 5.56 Å². The summed E-state index contributed by atoms with van der Waals surface area (Å²) in [5.41, 5.74) is -2.16. The molecule has 1 aromatic carbocycles. The lowest BCUT2D eigenvalue weighted by Crippen LogP contribution is -2.00. The van der Waals surface area contributed by atoms with Gasteiger partial charge in [0.05, 0.1) is 32.0 Å². The predicted octanol–water partition coefficient (Wildman–Crippen LogP) is 1.86. The molecule has 0 unspecified atom stereocenters. The molecule has 0 saturated heterocycles. The lowest BCUT2D eigenvalue weighted by atomic mass is 10.1. The van der Waals surface area contributed by atoms with Gasteiger partial charge in [0.15, 0.2) is 0 Å². The molecule has 0 saturated carbocycles. The summed E-state index contributed by atoms with van der Waals surface area (Å²) in [5, 5.41) is 46.2. The first kappa shape index (κ1) is 19.9. The fraction of sp³-hybridized carbons (Fsp3) is 0.143. The number of quaternary nitrogens is 1. The van der Waals surface area contributed by atoms with Gasteiger partial charge in [-0.3, -0.25) is 30.3 Å². The third kappa shape index (κ3) is 5.83. The molecule has 1 rings (SSSR count). The predicted molar refractivity (Wildman–Crippen MR) is 67.5 cm³/mol. The van der Waals surface area contributed by atoms with Crippen LogP contribution in [-0.2, 0) is 0 Å². The van der Waals surface area contributed by atoms with Gasteiger partial charge in [0, 0.05) is 0 Å². The molecular weight excluding hydrogens is 298 g/mol. The summed E-state index contributed by atoms with van der Waals surface area (Å²) in [5.74, 6) is 0. The van der Waals surface area contributed by atoms with Crippen LogP contribution in [0.25, 0.3) is 0 Å². The number of nitro groups is 3. The first-order valence-electron chi connectivity index (χ1n) is 4.47. The molecule has 0 aromatic heterocycles. The quantitative estimate of drug-likeness (QED) is 0.632. The van der Waals surface area contributed by atoms with Crippen LogP contribution in [0.5, 0.6) is 0 Å². The van der Waals surface area contributed by atoms with Gasteiger partial charge >= 0.3 is 0 Å². The van der Waals surface area contributed by atoms with Gasteiger partial charge in [-0.2, -0.15) is 0 Å². The molecule has 0 aliphatic heterocycles. The van der Waals surface area contributed by atoms with Crippen LogP contribution in [0.2, 0.25) is 0 Å². The van der Waals surface area contributed by atoms with Gasteiger partial charge in [0.2, 0.25) is 0 Å². The normalized spacial score (nSPS) is 8.62. The van der Waals surface area contributed by atoms with E-state index in [9.17, 15) is 30.3 Å². The summed E-state index contributed by atoms with van der Waals surface area (Å²) in [7, 11) is 0. The standard InChI is InChI=1S/C7H5N3O6.NO3.H3N/c1-4-6(9(13)14)2-5(8(11)12)3-7(4)10(15)16;2-1(3)4;/h2-3H,1H3;;1H3/q;-1;/p+1. The smallest absolute Gasteiger partial charge is 0.286 e. The van der Waals surface area contributed by atoms with Crippen LogP contribution in [0.4, 0.5) is 17.1 Å². The zero-order valence-electron chi connectivity index (χ0n) is 10.6. The van der Waals surface area contributed by atoms with Crippen molar-refractivity contribution in [3.63, 3.8) is 0 Å². The molecule has 0 spiro atoms. The van der Waals surface area contributed by atoms with Crippen LogP contribution >= 0.6 is 0 Å².